The molecule has 10 nitrogen and oxygen atoms in total. The summed E-state index contributed by atoms with van der Waals surface area (Å²) in [6.07, 6.45) is 0.604. The molecule has 2 aromatic carbocycles. The van der Waals surface area contributed by atoms with Crippen LogP contribution in [-0.4, -0.2) is 52.7 Å². The smallest absolute Gasteiger partial charge is 0.350 e. The van der Waals surface area contributed by atoms with Gasteiger partial charge in [0.1, 0.15) is 22.5 Å². The number of benzene rings is 2. The van der Waals surface area contributed by atoms with Gasteiger partial charge in [0.05, 0.1) is 35.5 Å². The molecule has 1 amide bonds. The maximum atomic E-state index is 13.6. The molecule has 0 spiro atoms. The number of methoxy groups -OCH3 is 1. The second-order valence-corrected chi connectivity index (χ2v) is 11.1. The van der Waals surface area contributed by atoms with Gasteiger partial charge in [0, 0.05) is 12.0 Å². The number of aliphatic hydroxyl groups excluding tert-OH is 1. The number of aromatic nitrogens is 1. The normalized spacial score (nSPS) is 19.5. The summed E-state index contributed by atoms with van der Waals surface area (Å²) >= 11 is 4.21. The zero-order chi connectivity index (χ0) is 28.9. The molecule has 1 fully saturated rings. The number of thiazole rings is 1. The Hall–Kier alpha value is -3.90. The van der Waals surface area contributed by atoms with Crippen molar-refractivity contribution < 1.29 is 38.8 Å². The molecule has 0 bridgehead atoms. The number of Topliss-reactive ketones (excluding diaryl/α,β-unsaturated/α-hetero) is 1. The van der Waals surface area contributed by atoms with Crippen LogP contribution in [0.5, 0.6) is 17.2 Å². The molecule has 40 heavy (non-hydrogen) atoms. The molecule has 0 saturated carbocycles. The second kappa shape index (κ2) is 10.6. The van der Waals surface area contributed by atoms with E-state index in [2.05, 4.69) is 20.9 Å². The number of anilines is 1. The lowest BCUT2D eigenvalue weighted by atomic mass is 9.94. The summed E-state index contributed by atoms with van der Waals surface area (Å²) in [5, 5.41) is 22.0. The molecule has 2 atom stereocenters. The van der Waals surface area contributed by atoms with Crippen molar-refractivity contribution in [3.8, 4) is 17.2 Å². The lowest BCUT2D eigenvalue weighted by Gasteiger charge is -2.24. The maximum absolute atomic E-state index is 13.6. The van der Waals surface area contributed by atoms with Gasteiger partial charge in [0.25, 0.3) is 5.78 Å². The number of phenols is 1. The highest BCUT2D eigenvalue weighted by Gasteiger charge is 2.49. The van der Waals surface area contributed by atoms with E-state index in [0.717, 1.165) is 21.8 Å². The monoisotopic (exact) mass is 628 g/mol. The van der Waals surface area contributed by atoms with Crippen LogP contribution >= 0.6 is 27.3 Å². The molecule has 1 aromatic heterocycles. The maximum Gasteiger partial charge on any atom is 0.350 e. The van der Waals surface area contributed by atoms with Crippen LogP contribution in [0.2, 0.25) is 0 Å². The van der Waals surface area contributed by atoms with E-state index in [1.807, 2.05) is 6.92 Å². The first-order valence-electron chi connectivity index (χ1n) is 12.4. The Morgan fingerprint density at radius 2 is 2.02 bits per heavy atom. The number of fused-ring (bicyclic) bond motifs is 1. The number of aryl methyl sites for hydroxylation is 1. The van der Waals surface area contributed by atoms with Crippen LogP contribution in [0.4, 0.5) is 5.13 Å². The molecule has 3 heterocycles. The SMILES string of the molecule is CCOC(=O)c1sc(N2C(=O)C(=O)/C(=C(/O)c3ccc4c(c3)C[C@H](C)O4)[C@H]2c2cc(Br)c(O)c(OC)c2)nc1C. The van der Waals surface area contributed by atoms with Crippen LogP contribution in [0.25, 0.3) is 5.76 Å². The number of carbonyl (C=O) groups is 3. The Labute approximate surface area is 241 Å². The first-order valence-corrected chi connectivity index (χ1v) is 14.0. The molecule has 3 aromatic rings. The van der Waals surface area contributed by atoms with Crippen LogP contribution in [0.1, 0.15) is 51.9 Å². The summed E-state index contributed by atoms with van der Waals surface area (Å²) in [5.41, 5.74) is 1.71. The molecule has 208 valence electrons. The van der Waals surface area contributed by atoms with Gasteiger partial charge >= 0.3 is 11.9 Å². The molecular weight excluding hydrogens is 604 g/mol. The molecule has 2 N–H and O–H groups in total. The molecule has 2 aliphatic rings. The number of ether oxygens (including phenoxy) is 3. The van der Waals surface area contributed by atoms with Crippen molar-refractivity contribution in [1.82, 2.24) is 4.98 Å². The van der Waals surface area contributed by atoms with Gasteiger partial charge in [-0.05, 0) is 78.2 Å². The quantitative estimate of drug-likeness (QED) is 0.166. The predicted molar refractivity (Wildman–Crippen MR) is 150 cm³/mol. The standard InChI is InChI=1S/C28H25BrN2O8S/c1-5-38-27(36)25-13(3)30-28(40-25)31-21(16-10-17(29)23(33)19(11-16)37-4)20(24(34)26(31)35)22(32)14-6-7-18-15(9-14)8-12(2)39-18/h6-7,9-12,21,32-33H,5,8H2,1-4H3/b22-20+/t12-,21+/m0/s1. The Balaban J connectivity index is 1.72. The van der Waals surface area contributed by atoms with E-state index in [9.17, 15) is 24.6 Å². The summed E-state index contributed by atoms with van der Waals surface area (Å²) < 4.78 is 16.4. The average molecular weight is 629 g/mol. The van der Waals surface area contributed by atoms with Gasteiger partial charge in [-0.2, -0.15) is 0 Å². The van der Waals surface area contributed by atoms with E-state index in [1.54, 1.807) is 32.0 Å². The molecule has 0 radical (unpaired) electrons. The second-order valence-electron chi connectivity index (χ2n) is 9.31. The lowest BCUT2D eigenvalue weighted by molar-refractivity contribution is -0.132. The topological polar surface area (TPSA) is 135 Å². The fourth-order valence-electron chi connectivity index (χ4n) is 4.85. The fourth-order valence-corrected chi connectivity index (χ4v) is 6.30. The number of amides is 1. The third-order valence-electron chi connectivity index (χ3n) is 6.65. The highest BCUT2D eigenvalue weighted by atomic mass is 79.9. The number of carbonyl (C=O) groups excluding carboxylic acids is 3. The predicted octanol–water partition coefficient (Wildman–Crippen LogP) is 5.05. The van der Waals surface area contributed by atoms with Gasteiger partial charge in [-0.1, -0.05) is 11.3 Å². The summed E-state index contributed by atoms with van der Waals surface area (Å²) in [7, 11) is 1.37. The van der Waals surface area contributed by atoms with E-state index in [-0.39, 0.29) is 50.0 Å². The molecule has 1 saturated heterocycles. The lowest BCUT2D eigenvalue weighted by Crippen LogP contribution is -2.29. The van der Waals surface area contributed by atoms with Crippen molar-refractivity contribution in [1.29, 1.82) is 0 Å². The van der Waals surface area contributed by atoms with E-state index in [0.29, 0.717) is 29.0 Å². The number of aliphatic hydroxyl groups is 1. The number of ketones is 1. The highest BCUT2D eigenvalue weighted by Crippen LogP contribution is 2.47. The van der Waals surface area contributed by atoms with Gasteiger partial charge in [0.15, 0.2) is 16.6 Å². The van der Waals surface area contributed by atoms with Gasteiger partial charge in [-0.25, -0.2) is 9.78 Å². The molecular formula is C28H25BrN2O8S. The number of nitrogens with zero attached hydrogens (tertiary/aromatic N) is 2. The first kappa shape index (κ1) is 27.7. The number of hydrogen-bond acceptors (Lipinski definition) is 10. The van der Waals surface area contributed by atoms with Crippen molar-refractivity contribution in [2.75, 3.05) is 18.6 Å². The Morgan fingerprint density at radius 1 is 1.27 bits per heavy atom. The highest BCUT2D eigenvalue weighted by molar-refractivity contribution is 9.10. The van der Waals surface area contributed by atoms with Crippen LogP contribution < -0.4 is 14.4 Å². The van der Waals surface area contributed by atoms with E-state index in [4.69, 9.17) is 14.2 Å². The van der Waals surface area contributed by atoms with Gasteiger partial charge < -0.3 is 24.4 Å². The first-order chi connectivity index (χ1) is 19.0. The van der Waals surface area contributed by atoms with Crippen molar-refractivity contribution in [2.45, 2.75) is 39.3 Å². The van der Waals surface area contributed by atoms with Crippen molar-refractivity contribution >= 4 is 55.8 Å². The average Bonchev–Trinajstić information content (AvgIpc) is 3.57. The number of halogens is 1. The Kier molecular flexibility index (Phi) is 7.32. The zero-order valence-electron chi connectivity index (χ0n) is 22.0. The molecule has 0 unspecified atom stereocenters. The fraction of sp³-hybridized carbons (Fsp3) is 0.286. The zero-order valence-corrected chi connectivity index (χ0v) is 24.4. The van der Waals surface area contributed by atoms with Gasteiger partial charge in [-0.15, -0.1) is 0 Å². The van der Waals surface area contributed by atoms with Gasteiger partial charge in [-0.3, -0.25) is 14.5 Å². The summed E-state index contributed by atoms with van der Waals surface area (Å²) in [6, 6.07) is 6.92. The Bertz CT molecular complexity index is 1600. The minimum absolute atomic E-state index is 0.0264. The molecule has 2 aliphatic heterocycles. The number of rotatable bonds is 6. The van der Waals surface area contributed by atoms with Crippen LogP contribution in [-0.2, 0) is 20.7 Å². The molecule has 5 rings (SSSR count). The van der Waals surface area contributed by atoms with Crippen molar-refractivity contribution in [3.63, 3.8) is 0 Å². The molecule has 0 aliphatic carbocycles. The minimum atomic E-state index is -1.16. The summed E-state index contributed by atoms with van der Waals surface area (Å²) in [5.74, 6) is -2.24. The van der Waals surface area contributed by atoms with E-state index >= 15 is 0 Å². The van der Waals surface area contributed by atoms with Crippen molar-refractivity contribution in [3.05, 3.63) is 67.6 Å². The number of esters is 1. The van der Waals surface area contributed by atoms with Crippen LogP contribution in [0, 0.1) is 6.92 Å². The van der Waals surface area contributed by atoms with Crippen molar-refractivity contribution in [2.24, 2.45) is 0 Å². The third kappa shape index (κ3) is 4.60. The Morgan fingerprint density at radius 3 is 2.73 bits per heavy atom. The number of aromatic hydroxyl groups is 1. The third-order valence-corrected chi connectivity index (χ3v) is 8.39. The minimum Gasteiger partial charge on any atom is -0.507 e. The number of hydrogen-bond donors (Lipinski definition) is 2. The van der Waals surface area contributed by atoms with E-state index < -0.39 is 23.7 Å². The summed E-state index contributed by atoms with van der Waals surface area (Å²) in [4.78, 5) is 45.4. The van der Waals surface area contributed by atoms with Gasteiger partial charge in [0.2, 0.25) is 0 Å². The largest absolute Gasteiger partial charge is 0.507 e. The summed E-state index contributed by atoms with van der Waals surface area (Å²) in [6.45, 7) is 5.37. The molecule has 12 heteroatoms. The van der Waals surface area contributed by atoms with Crippen LogP contribution in [0.15, 0.2) is 40.4 Å². The van der Waals surface area contributed by atoms with E-state index in [1.165, 1.54) is 19.2 Å². The van der Waals surface area contributed by atoms with Crippen LogP contribution in [0.3, 0.4) is 0 Å². The number of phenolic OH excluding ortho intramolecular Hbond substituents is 1.